The van der Waals surface area contributed by atoms with Gasteiger partial charge in [-0.05, 0) is 29.8 Å². The molecule has 0 unspecified atom stereocenters. The topological polar surface area (TPSA) is 66.5 Å². The van der Waals surface area contributed by atoms with Crippen molar-refractivity contribution in [3.8, 4) is 22.4 Å². The number of aromatic nitrogens is 4. The third kappa shape index (κ3) is 2.38. The average molecular weight is 319 g/mol. The normalized spacial score (nSPS) is 10.9. The van der Waals surface area contributed by atoms with E-state index < -0.39 is 0 Å². The van der Waals surface area contributed by atoms with Gasteiger partial charge in [0.05, 0.1) is 5.69 Å². The van der Waals surface area contributed by atoms with Crippen LogP contribution in [0.3, 0.4) is 0 Å². The molecule has 0 aliphatic carbocycles. The van der Waals surface area contributed by atoms with E-state index in [2.05, 4.69) is 25.3 Å². The Labute approximate surface area is 137 Å². The maximum atomic E-state index is 13.3. The molecule has 0 fully saturated rings. The summed E-state index contributed by atoms with van der Waals surface area (Å²) >= 11 is 0. The largest absolute Gasteiger partial charge is 0.373 e. The highest BCUT2D eigenvalue weighted by Crippen LogP contribution is 2.37. The zero-order valence-electron chi connectivity index (χ0n) is 12.9. The van der Waals surface area contributed by atoms with Crippen molar-refractivity contribution < 1.29 is 4.39 Å². The molecule has 0 spiro atoms. The number of aromatic amines is 1. The van der Waals surface area contributed by atoms with Crippen LogP contribution in [-0.4, -0.2) is 27.0 Å². The van der Waals surface area contributed by atoms with Gasteiger partial charge in [-0.3, -0.25) is 4.98 Å². The van der Waals surface area contributed by atoms with Crippen LogP contribution in [0, 0.1) is 5.82 Å². The van der Waals surface area contributed by atoms with Crippen molar-refractivity contribution in [2.45, 2.75) is 0 Å². The van der Waals surface area contributed by atoms with Gasteiger partial charge >= 0.3 is 0 Å². The van der Waals surface area contributed by atoms with Gasteiger partial charge in [-0.15, -0.1) is 0 Å². The van der Waals surface area contributed by atoms with Crippen LogP contribution in [0.1, 0.15) is 0 Å². The smallest absolute Gasteiger partial charge is 0.157 e. The summed E-state index contributed by atoms with van der Waals surface area (Å²) in [5, 5.41) is 3.03. The zero-order valence-corrected chi connectivity index (χ0v) is 12.9. The first kappa shape index (κ1) is 14.3. The van der Waals surface area contributed by atoms with Gasteiger partial charge in [-0.1, -0.05) is 12.1 Å². The molecule has 0 saturated carbocycles. The first-order valence-electron chi connectivity index (χ1n) is 7.49. The highest BCUT2D eigenvalue weighted by atomic mass is 19.1. The van der Waals surface area contributed by atoms with E-state index in [1.165, 1.54) is 12.1 Å². The second-order valence-corrected chi connectivity index (χ2v) is 5.32. The maximum Gasteiger partial charge on any atom is 0.157 e. The molecule has 0 radical (unpaired) electrons. The summed E-state index contributed by atoms with van der Waals surface area (Å²) in [6.45, 7) is 0. The number of hydrogen-bond donors (Lipinski definition) is 2. The number of fused-ring (bicyclic) bond motifs is 1. The molecule has 0 aliphatic rings. The Morgan fingerprint density at radius 1 is 0.917 bits per heavy atom. The van der Waals surface area contributed by atoms with Crippen molar-refractivity contribution in [3.63, 3.8) is 0 Å². The van der Waals surface area contributed by atoms with E-state index in [1.807, 2.05) is 19.2 Å². The van der Waals surface area contributed by atoms with Gasteiger partial charge in [-0.2, -0.15) is 0 Å². The van der Waals surface area contributed by atoms with E-state index in [0.29, 0.717) is 5.65 Å². The number of nitrogens with one attached hydrogen (secondary N) is 2. The molecule has 3 heterocycles. The number of benzene rings is 1. The molecule has 6 heteroatoms. The Bertz CT molecular complexity index is 1010. The van der Waals surface area contributed by atoms with Gasteiger partial charge < -0.3 is 10.3 Å². The molecule has 2 N–H and O–H groups in total. The Morgan fingerprint density at radius 3 is 2.50 bits per heavy atom. The van der Waals surface area contributed by atoms with E-state index in [-0.39, 0.29) is 5.82 Å². The lowest BCUT2D eigenvalue weighted by Crippen LogP contribution is -1.92. The van der Waals surface area contributed by atoms with Crippen LogP contribution in [0.5, 0.6) is 0 Å². The van der Waals surface area contributed by atoms with Crippen LogP contribution in [0.4, 0.5) is 10.2 Å². The predicted octanol–water partition coefficient (Wildman–Crippen LogP) is 3.87. The van der Waals surface area contributed by atoms with Crippen molar-refractivity contribution >= 4 is 17.0 Å². The summed E-state index contributed by atoms with van der Waals surface area (Å²) in [4.78, 5) is 16.4. The van der Waals surface area contributed by atoms with Gasteiger partial charge in [-0.25, -0.2) is 14.4 Å². The SMILES string of the molecule is CNc1cc(-c2[nH]c3nccnc3c2-c2ccc(F)cc2)ccn1. The lowest BCUT2D eigenvalue weighted by molar-refractivity contribution is 0.628. The second kappa shape index (κ2) is 5.73. The first-order valence-corrected chi connectivity index (χ1v) is 7.49. The van der Waals surface area contributed by atoms with Crippen LogP contribution in [-0.2, 0) is 0 Å². The fraction of sp³-hybridized carbons (Fsp3) is 0.0556. The lowest BCUT2D eigenvalue weighted by Gasteiger charge is -2.07. The van der Waals surface area contributed by atoms with Crippen LogP contribution in [0.25, 0.3) is 33.5 Å². The average Bonchev–Trinajstić information content (AvgIpc) is 3.02. The molecule has 0 saturated heterocycles. The number of anilines is 1. The molecule has 0 atom stereocenters. The van der Waals surface area contributed by atoms with Crippen molar-refractivity contribution in [1.82, 2.24) is 19.9 Å². The van der Waals surface area contributed by atoms with E-state index >= 15 is 0 Å². The van der Waals surface area contributed by atoms with Gasteiger partial charge in [0.25, 0.3) is 0 Å². The lowest BCUT2D eigenvalue weighted by atomic mass is 10.0. The minimum atomic E-state index is -0.271. The molecular weight excluding hydrogens is 305 g/mol. The molecule has 4 aromatic rings. The standard InChI is InChI=1S/C18H14FN5/c1-20-14-10-12(6-7-21-14)16-15(11-2-4-13(19)5-3-11)17-18(24-16)23-9-8-22-17/h2-10H,1H3,(H,20,21)(H,23,24). The molecule has 0 aliphatic heterocycles. The van der Waals surface area contributed by atoms with E-state index in [1.54, 1.807) is 30.7 Å². The van der Waals surface area contributed by atoms with Gasteiger partial charge in [0.2, 0.25) is 0 Å². The molecular formula is C18H14FN5. The molecule has 0 amide bonds. The van der Waals surface area contributed by atoms with Crippen LogP contribution >= 0.6 is 0 Å². The summed E-state index contributed by atoms with van der Waals surface area (Å²) in [6, 6.07) is 10.2. The molecule has 4 rings (SSSR count). The molecule has 24 heavy (non-hydrogen) atoms. The number of H-pyrrole nitrogens is 1. The highest BCUT2D eigenvalue weighted by Gasteiger charge is 2.17. The third-order valence-electron chi connectivity index (χ3n) is 3.87. The predicted molar refractivity (Wildman–Crippen MR) is 92.1 cm³/mol. The Morgan fingerprint density at radius 2 is 1.71 bits per heavy atom. The fourth-order valence-electron chi connectivity index (χ4n) is 2.75. The van der Waals surface area contributed by atoms with Gasteiger partial charge in [0, 0.05) is 36.8 Å². The first-order chi connectivity index (χ1) is 11.8. The number of hydrogen-bond acceptors (Lipinski definition) is 4. The van der Waals surface area contributed by atoms with Crippen molar-refractivity contribution in [2.75, 3.05) is 12.4 Å². The van der Waals surface area contributed by atoms with Gasteiger partial charge in [0.15, 0.2) is 5.65 Å². The van der Waals surface area contributed by atoms with Crippen LogP contribution in [0.2, 0.25) is 0 Å². The number of pyridine rings is 1. The molecule has 0 bridgehead atoms. The van der Waals surface area contributed by atoms with Gasteiger partial charge in [0.1, 0.15) is 17.2 Å². The van der Waals surface area contributed by atoms with E-state index in [4.69, 9.17) is 0 Å². The van der Waals surface area contributed by atoms with E-state index in [9.17, 15) is 4.39 Å². The summed E-state index contributed by atoms with van der Waals surface area (Å²) in [7, 11) is 1.82. The zero-order chi connectivity index (χ0) is 16.5. The van der Waals surface area contributed by atoms with E-state index in [0.717, 1.165) is 33.7 Å². The molecule has 118 valence electrons. The summed E-state index contributed by atoms with van der Waals surface area (Å²) in [6.07, 6.45) is 5.03. The molecule has 3 aromatic heterocycles. The second-order valence-electron chi connectivity index (χ2n) is 5.32. The van der Waals surface area contributed by atoms with Crippen LogP contribution in [0.15, 0.2) is 55.0 Å². The van der Waals surface area contributed by atoms with Crippen LogP contribution < -0.4 is 5.32 Å². The quantitative estimate of drug-likeness (QED) is 0.601. The Hall–Kier alpha value is -3.28. The molecule has 5 nitrogen and oxygen atoms in total. The van der Waals surface area contributed by atoms with Crippen molar-refractivity contribution in [3.05, 3.63) is 60.8 Å². The van der Waals surface area contributed by atoms with Crippen molar-refractivity contribution in [2.24, 2.45) is 0 Å². The summed E-state index contributed by atoms with van der Waals surface area (Å²) in [5.41, 5.74) is 5.04. The summed E-state index contributed by atoms with van der Waals surface area (Å²) in [5.74, 6) is 0.490. The Balaban J connectivity index is 2.01. The maximum absolute atomic E-state index is 13.3. The molecule has 1 aromatic carbocycles. The monoisotopic (exact) mass is 319 g/mol. The number of halogens is 1. The highest BCUT2D eigenvalue weighted by molar-refractivity contribution is 6.00. The minimum Gasteiger partial charge on any atom is -0.373 e. The number of nitrogens with zero attached hydrogens (tertiary/aromatic N) is 3. The minimum absolute atomic E-state index is 0.271. The number of rotatable bonds is 3. The summed E-state index contributed by atoms with van der Waals surface area (Å²) < 4.78 is 13.3. The fourth-order valence-corrected chi connectivity index (χ4v) is 2.75. The Kier molecular flexibility index (Phi) is 3.42. The third-order valence-corrected chi connectivity index (χ3v) is 3.87. The van der Waals surface area contributed by atoms with Crippen molar-refractivity contribution in [1.29, 1.82) is 0 Å².